The van der Waals surface area contributed by atoms with Gasteiger partial charge < -0.3 is 9.30 Å². The van der Waals surface area contributed by atoms with Crippen molar-refractivity contribution in [3.05, 3.63) is 28.9 Å². The molecule has 0 radical (unpaired) electrons. The Kier molecular flexibility index (Phi) is 4.46. The molecule has 0 aliphatic carbocycles. The van der Waals surface area contributed by atoms with Gasteiger partial charge >= 0.3 is 5.97 Å². The summed E-state index contributed by atoms with van der Waals surface area (Å²) in [6.45, 7) is 4.82. The fraction of sp³-hybridized carbons (Fsp3) is 0.400. The minimum Gasteiger partial charge on any atom is -0.459 e. The molecule has 2 amide bonds. The van der Waals surface area contributed by atoms with E-state index < -0.39 is 22.7 Å². The molecular weight excluding hydrogens is 304 g/mol. The smallest absolute Gasteiger partial charge is 0.326 e. The maximum atomic E-state index is 12.3. The molecule has 1 aliphatic rings. The van der Waals surface area contributed by atoms with Crippen LogP contribution in [-0.2, 0) is 21.4 Å². The van der Waals surface area contributed by atoms with Crippen molar-refractivity contribution in [1.82, 2.24) is 9.47 Å². The van der Waals surface area contributed by atoms with E-state index >= 15 is 0 Å². The molecule has 0 unspecified atom stereocenters. The topological polar surface area (TPSA) is 68.6 Å². The summed E-state index contributed by atoms with van der Waals surface area (Å²) in [5.74, 6) is -1.07. The Balaban J connectivity index is 2.11. The summed E-state index contributed by atoms with van der Waals surface area (Å²) >= 11 is 0.826. The molecule has 0 spiro atoms. The molecule has 1 fully saturated rings. The summed E-state index contributed by atoms with van der Waals surface area (Å²) in [7, 11) is 1.84. The number of thioether (sulfide) groups is 1. The minimum atomic E-state index is -0.655. The summed E-state index contributed by atoms with van der Waals surface area (Å²) in [5.41, 5.74) is 0.153. The molecule has 6 nitrogen and oxygen atoms in total. The van der Waals surface area contributed by atoms with Gasteiger partial charge in [-0.05, 0) is 50.7 Å². The Morgan fingerprint density at radius 3 is 2.59 bits per heavy atom. The van der Waals surface area contributed by atoms with E-state index in [0.29, 0.717) is 4.91 Å². The van der Waals surface area contributed by atoms with Crippen LogP contribution in [0.4, 0.5) is 4.79 Å². The highest BCUT2D eigenvalue weighted by Crippen LogP contribution is 2.32. The second-order valence-corrected chi connectivity index (χ2v) is 6.89. The number of nitrogens with zero attached hydrogens (tertiary/aromatic N) is 2. The van der Waals surface area contributed by atoms with E-state index in [-0.39, 0.29) is 6.54 Å². The number of aryl methyl sites for hydroxylation is 1. The number of carbonyl (C=O) groups is 3. The van der Waals surface area contributed by atoms with E-state index in [0.717, 1.165) is 22.4 Å². The van der Waals surface area contributed by atoms with Crippen LogP contribution in [0.2, 0.25) is 0 Å². The van der Waals surface area contributed by atoms with Crippen LogP contribution in [0.25, 0.3) is 6.08 Å². The highest BCUT2D eigenvalue weighted by Gasteiger charge is 2.37. The van der Waals surface area contributed by atoms with Gasteiger partial charge in [0, 0.05) is 18.9 Å². The molecule has 7 heteroatoms. The van der Waals surface area contributed by atoms with Gasteiger partial charge in [0.05, 0.1) is 4.91 Å². The number of hydrogen-bond donors (Lipinski definition) is 0. The number of carbonyl (C=O) groups excluding carboxylic acids is 3. The van der Waals surface area contributed by atoms with E-state index in [9.17, 15) is 14.4 Å². The third-order valence-electron chi connectivity index (χ3n) is 2.84. The highest BCUT2D eigenvalue weighted by atomic mass is 32.2. The maximum Gasteiger partial charge on any atom is 0.326 e. The van der Waals surface area contributed by atoms with E-state index in [4.69, 9.17) is 4.74 Å². The number of ether oxygens (including phenoxy) is 1. The lowest BCUT2D eigenvalue weighted by molar-refractivity contribution is -0.156. The van der Waals surface area contributed by atoms with E-state index in [2.05, 4.69) is 0 Å². The predicted octanol–water partition coefficient (Wildman–Crippen LogP) is 2.40. The van der Waals surface area contributed by atoms with Crippen LogP contribution in [0.3, 0.4) is 0 Å². The molecule has 0 aromatic carbocycles. The van der Waals surface area contributed by atoms with Crippen LogP contribution < -0.4 is 0 Å². The van der Waals surface area contributed by atoms with Gasteiger partial charge in [-0.25, -0.2) is 0 Å². The fourth-order valence-electron chi connectivity index (χ4n) is 1.90. The molecule has 1 aromatic heterocycles. The molecule has 1 saturated heterocycles. The number of aromatic nitrogens is 1. The zero-order valence-electron chi connectivity index (χ0n) is 13.0. The Morgan fingerprint density at radius 1 is 1.36 bits per heavy atom. The third-order valence-corrected chi connectivity index (χ3v) is 3.75. The van der Waals surface area contributed by atoms with Crippen LogP contribution in [0, 0.1) is 0 Å². The van der Waals surface area contributed by atoms with Crippen molar-refractivity contribution in [1.29, 1.82) is 0 Å². The zero-order valence-corrected chi connectivity index (χ0v) is 13.8. The zero-order chi connectivity index (χ0) is 16.5. The molecule has 118 valence electrons. The maximum absolute atomic E-state index is 12.3. The van der Waals surface area contributed by atoms with Crippen LogP contribution in [0.15, 0.2) is 23.2 Å². The first-order chi connectivity index (χ1) is 10.2. The Morgan fingerprint density at radius 2 is 2.05 bits per heavy atom. The van der Waals surface area contributed by atoms with E-state index in [1.54, 1.807) is 26.8 Å². The largest absolute Gasteiger partial charge is 0.459 e. The molecular formula is C15H18N2O4S. The van der Waals surface area contributed by atoms with Crippen molar-refractivity contribution in [2.75, 3.05) is 6.54 Å². The summed E-state index contributed by atoms with van der Waals surface area (Å²) in [4.78, 5) is 37.2. The molecule has 0 atom stereocenters. The second-order valence-electron chi connectivity index (χ2n) is 5.90. The SMILES string of the molecule is Cn1cccc1/C=C1/SC(=O)N(CC(=O)OC(C)(C)C)C1=O. The first-order valence-electron chi connectivity index (χ1n) is 6.76. The molecule has 2 rings (SSSR count). The lowest BCUT2D eigenvalue weighted by atomic mass is 10.2. The van der Waals surface area contributed by atoms with Crippen molar-refractivity contribution in [3.8, 4) is 0 Å². The van der Waals surface area contributed by atoms with Gasteiger partial charge in [0.15, 0.2) is 0 Å². The third kappa shape index (κ3) is 3.79. The number of esters is 1. The van der Waals surface area contributed by atoms with Crippen molar-refractivity contribution in [3.63, 3.8) is 0 Å². The molecule has 0 N–H and O–H groups in total. The van der Waals surface area contributed by atoms with Gasteiger partial charge in [0.2, 0.25) is 0 Å². The van der Waals surface area contributed by atoms with Crippen LogP contribution in [0.1, 0.15) is 26.5 Å². The lowest BCUT2D eigenvalue weighted by Crippen LogP contribution is -2.37. The van der Waals surface area contributed by atoms with E-state index in [1.165, 1.54) is 0 Å². The summed E-state index contributed by atoms with van der Waals surface area (Å²) in [6, 6.07) is 3.68. The molecule has 1 aliphatic heterocycles. The number of rotatable bonds is 3. The van der Waals surface area contributed by atoms with Crippen molar-refractivity contribution < 1.29 is 19.1 Å². The van der Waals surface area contributed by atoms with Gasteiger partial charge in [-0.2, -0.15) is 0 Å². The first-order valence-corrected chi connectivity index (χ1v) is 7.57. The normalized spacial score (nSPS) is 17.5. The summed E-state index contributed by atoms with van der Waals surface area (Å²) < 4.78 is 6.97. The first kappa shape index (κ1) is 16.4. The number of imide groups is 1. The Labute approximate surface area is 133 Å². The molecule has 1 aromatic rings. The minimum absolute atomic E-state index is 0.301. The van der Waals surface area contributed by atoms with Crippen molar-refractivity contribution in [2.45, 2.75) is 26.4 Å². The standard InChI is InChI=1S/C15H18N2O4S/c1-15(2,3)21-12(18)9-17-13(19)11(22-14(17)20)8-10-6-5-7-16(10)4/h5-8H,9H2,1-4H3/b11-8+. The van der Waals surface area contributed by atoms with Crippen LogP contribution >= 0.6 is 11.8 Å². The van der Waals surface area contributed by atoms with Gasteiger partial charge in [-0.3, -0.25) is 19.3 Å². The average molecular weight is 322 g/mol. The molecule has 0 saturated carbocycles. The van der Waals surface area contributed by atoms with Crippen molar-refractivity contribution in [2.24, 2.45) is 7.05 Å². The van der Waals surface area contributed by atoms with Crippen molar-refractivity contribution >= 4 is 35.0 Å². The quantitative estimate of drug-likeness (QED) is 0.631. The van der Waals surface area contributed by atoms with E-state index in [1.807, 2.05) is 29.9 Å². The monoisotopic (exact) mass is 322 g/mol. The Hall–Kier alpha value is -2.02. The van der Waals surface area contributed by atoms with Gasteiger partial charge in [0.1, 0.15) is 12.1 Å². The van der Waals surface area contributed by atoms with Gasteiger partial charge in [-0.15, -0.1) is 0 Å². The number of amides is 2. The summed E-state index contributed by atoms with van der Waals surface area (Å²) in [6.07, 6.45) is 3.48. The van der Waals surface area contributed by atoms with Gasteiger partial charge in [-0.1, -0.05) is 0 Å². The van der Waals surface area contributed by atoms with Gasteiger partial charge in [0.25, 0.3) is 11.1 Å². The molecule has 22 heavy (non-hydrogen) atoms. The summed E-state index contributed by atoms with van der Waals surface area (Å²) in [5, 5.41) is -0.462. The lowest BCUT2D eigenvalue weighted by Gasteiger charge is -2.21. The highest BCUT2D eigenvalue weighted by molar-refractivity contribution is 8.18. The number of hydrogen-bond acceptors (Lipinski definition) is 5. The average Bonchev–Trinajstić information content (AvgIpc) is 2.87. The Bertz CT molecular complexity index is 655. The fourth-order valence-corrected chi connectivity index (χ4v) is 2.72. The van der Waals surface area contributed by atoms with Crippen LogP contribution in [-0.4, -0.2) is 38.7 Å². The van der Waals surface area contributed by atoms with Crippen LogP contribution in [0.5, 0.6) is 0 Å². The molecule has 2 heterocycles. The second kappa shape index (κ2) is 6.00. The predicted molar refractivity (Wildman–Crippen MR) is 83.9 cm³/mol. The molecule has 0 bridgehead atoms.